The molecule has 0 amide bonds. The fraction of sp³-hybridized carbons (Fsp3) is 0.647. The molecule has 2 unspecified atom stereocenters. The van der Waals surface area contributed by atoms with Crippen molar-refractivity contribution in [3.8, 4) is 5.75 Å². The normalized spacial score (nSPS) is 20.6. The molecule has 4 heteroatoms. The molecule has 0 spiro atoms. The number of hydrogen-bond acceptors (Lipinski definition) is 4. The van der Waals surface area contributed by atoms with E-state index in [1.807, 2.05) is 6.07 Å². The van der Waals surface area contributed by atoms with Gasteiger partial charge in [-0.3, -0.25) is 4.90 Å². The van der Waals surface area contributed by atoms with Crippen LogP contribution in [-0.4, -0.2) is 44.9 Å². The summed E-state index contributed by atoms with van der Waals surface area (Å²) in [4.78, 5) is 2.47. The molecule has 1 fully saturated rings. The van der Waals surface area contributed by atoms with Crippen LogP contribution < -0.4 is 10.5 Å². The molecule has 1 aliphatic heterocycles. The van der Waals surface area contributed by atoms with Crippen LogP contribution in [0.5, 0.6) is 5.75 Å². The van der Waals surface area contributed by atoms with Crippen LogP contribution in [-0.2, 0) is 4.74 Å². The molecule has 0 bridgehead atoms. The second kappa shape index (κ2) is 8.37. The maximum absolute atomic E-state index is 6.04. The third-order valence-corrected chi connectivity index (χ3v) is 4.10. The monoisotopic (exact) mass is 292 g/mol. The zero-order valence-corrected chi connectivity index (χ0v) is 13.3. The number of nitrogens with two attached hydrogens (primary N) is 1. The number of methoxy groups -OCH3 is 1. The lowest BCUT2D eigenvalue weighted by atomic mass is 10.1. The Balaban J connectivity index is 2.03. The molecule has 1 heterocycles. The third kappa shape index (κ3) is 4.43. The van der Waals surface area contributed by atoms with Gasteiger partial charge in [-0.05, 0) is 43.0 Å². The van der Waals surface area contributed by atoms with Gasteiger partial charge in [-0.15, -0.1) is 0 Å². The number of likely N-dealkylation sites (tertiary alicyclic amines) is 1. The summed E-state index contributed by atoms with van der Waals surface area (Å²) in [5, 5.41) is 0. The lowest BCUT2D eigenvalue weighted by Crippen LogP contribution is -2.32. The first-order valence-electron chi connectivity index (χ1n) is 7.94. The Kier molecular flexibility index (Phi) is 6.49. The van der Waals surface area contributed by atoms with Crippen molar-refractivity contribution >= 4 is 0 Å². The highest BCUT2D eigenvalue weighted by molar-refractivity contribution is 5.31. The molecule has 4 nitrogen and oxygen atoms in total. The lowest BCUT2D eigenvalue weighted by molar-refractivity contribution is 0.147. The summed E-state index contributed by atoms with van der Waals surface area (Å²) in [6, 6.07) is 8.64. The van der Waals surface area contributed by atoms with E-state index in [9.17, 15) is 0 Å². The van der Waals surface area contributed by atoms with Crippen molar-refractivity contribution in [1.82, 2.24) is 4.90 Å². The second-order valence-corrected chi connectivity index (χ2v) is 5.78. The molecule has 1 aromatic rings. The Labute approximate surface area is 128 Å². The van der Waals surface area contributed by atoms with E-state index < -0.39 is 0 Å². The first kappa shape index (κ1) is 16.3. The summed E-state index contributed by atoms with van der Waals surface area (Å²) in [7, 11) is 1.78. The smallest absolute Gasteiger partial charge is 0.119 e. The van der Waals surface area contributed by atoms with E-state index >= 15 is 0 Å². The van der Waals surface area contributed by atoms with Crippen molar-refractivity contribution in [3.05, 3.63) is 29.8 Å². The molecule has 0 aliphatic carbocycles. The molecule has 2 rings (SSSR count). The zero-order valence-electron chi connectivity index (χ0n) is 13.3. The number of benzene rings is 1. The van der Waals surface area contributed by atoms with E-state index in [2.05, 4.69) is 30.0 Å². The van der Waals surface area contributed by atoms with Crippen LogP contribution in [0.2, 0.25) is 0 Å². The first-order chi connectivity index (χ1) is 10.3. The van der Waals surface area contributed by atoms with E-state index in [-0.39, 0.29) is 6.04 Å². The van der Waals surface area contributed by atoms with Gasteiger partial charge in [0.15, 0.2) is 0 Å². The summed E-state index contributed by atoms with van der Waals surface area (Å²) >= 11 is 0. The van der Waals surface area contributed by atoms with Crippen LogP contribution >= 0.6 is 0 Å². The zero-order chi connectivity index (χ0) is 15.1. The number of hydrogen-bond donors (Lipinski definition) is 1. The maximum Gasteiger partial charge on any atom is 0.119 e. The molecule has 0 aromatic heterocycles. The molecule has 118 valence electrons. The van der Waals surface area contributed by atoms with Gasteiger partial charge in [0, 0.05) is 26.2 Å². The van der Waals surface area contributed by atoms with Crippen LogP contribution in [0.1, 0.15) is 31.4 Å². The first-order valence-corrected chi connectivity index (χ1v) is 7.94. The van der Waals surface area contributed by atoms with Crippen molar-refractivity contribution in [2.75, 3.05) is 40.0 Å². The highest BCUT2D eigenvalue weighted by atomic mass is 16.5. The predicted molar refractivity (Wildman–Crippen MR) is 85.6 cm³/mol. The van der Waals surface area contributed by atoms with E-state index in [0.29, 0.717) is 12.5 Å². The maximum atomic E-state index is 6.04. The fourth-order valence-electron chi connectivity index (χ4n) is 3.04. The molecule has 0 radical (unpaired) electrons. The molecule has 2 N–H and O–H groups in total. The minimum atomic E-state index is 0.275. The van der Waals surface area contributed by atoms with Crippen LogP contribution in [0.4, 0.5) is 0 Å². The lowest BCUT2D eigenvalue weighted by Gasteiger charge is -2.27. The largest absolute Gasteiger partial charge is 0.494 e. The van der Waals surface area contributed by atoms with E-state index in [1.54, 1.807) is 7.11 Å². The van der Waals surface area contributed by atoms with Crippen LogP contribution in [0.15, 0.2) is 24.3 Å². The molecular formula is C17H28N2O2. The van der Waals surface area contributed by atoms with Crippen molar-refractivity contribution in [2.24, 2.45) is 11.7 Å². The Hall–Kier alpha value is -1.10. The summed E-state index contributed by atoms with van der Waals surface area (Å²) in [5.41, 5.74) is 7.29. The van der Waals surface area contributed by atoms with Gasteiger partial charge in [-0.2, -0.15) is 0 Å². The highest BCUT2D eigenvalue weighted by Crippen LogP contribution is 2.29. The molecule has 1 saturated heterocycles. The minimum Gasteiger partial charge on any atom is -0.494 e. The van der Waals surface area contributed by atoms with Crippen molar-refractivity contribution in [3.63, 3.8) is 0 Å². The van der Waals surface area contributed by atoms with Gasteiger partial charge in [0.2, 0.25) is 0 Å². The average Bonchev–Trinajstić information content (AvgIpc) is 2.95. The van der Waals surface area contributed by atoms with Gasteiger partial charge in [-0.25, -0.2) is 0 Å². The Morgan fingerprint density at radius 2 is 2.29 bits per heavy atom. The SMILES string of the molecule is CCCOc1cccc(C(CN)N2CCC(COC)C2)c1. The second-order valence-electron chi connectivity index (χ2n) is 5.78. The molecule has 2 atom stereocenters. The molecular weight excluding hydrogens is 264 g/mol. The molecule has 1 aliphatic rings. The van der Waals surface area contributed by atoms with Crippen LogP contribution in [0.3, 0.4) is 0 Å². The summed E-state index contributed by atoms with van der Waals surface area (Å²) in [5.74, 6) is 1.57. The van der Waals surface area contributed by atoms with E-state index in [4.69, 9.17) is 15.2 Å². The minimum absolute atomic E-state index is 0.275. The van der Waals surface area contributed by atoms with Gasteiger partial charge in [0.1, 0.15) is 5.75 Å². The molecule has 1 aromatic carbocycles. The van der Waals surface area contributed by atoms with Crippen molar-refractivity contribution in [1.29, 1.82) is 0 Å². The Morgan fingerprint density at radius 1 is 1.43 bits per heavy atom. The van der Waals surface area contributed by atoms with Crippen molar-refractivity contribution < 1.29 is 9.47 Å². The average molecular weight is 292 g/mol. The van der Waals surface area contributed by atoms with Gasteiger partial charge < -0.3 is 15.2 Å². The quantitative estimate of drug-likeness (QED) is 0.799. The third-order valence-electron chi connectivity index (χ3n) is 4.10. The number of nitrogens with zero attached hydrogens (tertiary/aromatic N) is 1. The Bertz CT molecular complexity index is 425. The van der Waals surface area contributed by atoms with Crippen molar-refractivity contribution in [2.45, 2.75) is 25.8 Å². The van der Waals surface area contributed by atoms with Crippen LogP contribution in [0.25, 0.3) is 0 Å². The summed E-state index contributed by atoms with van der Waals surface area (Å²) in [6.45, 7) is 6.51. The van der Waals surface area contributed by atoms with Gasteiger partial charge in [-0.1, -0.05) is 19.1 Å². The van der Waals surface area contributed by atoms with Gasteiger partial charge >= 0.3 is 0 Å². The number of ether oxygens (including phenoxy) is 2. The van der Waals surface area contributed by atoms with E-state index in [0.717, 1.165) is 38.5 Å². The molecule has 0 saturated carbocycles. The summed E-state index contributed by atoms with van der Waals surface area (Å²) in [6.07, 6.45) is 2.21. The fourth-order valence-corrected chi connectivity index (χ4v) is 3.04. The van der Waals surface area contributed by atoms with Gasteiger partial charge in [0.05, 0.1) is 13.2 Å². The van der Waals surface area contributed by atoms with E-state index in [1.165, 1.54) is 12.0 Å². The number of rotatable bonds is 8. The van der Waals surface area contributed by atoms with Crippen LogP contribution in [0, 0.1) is 5.92 Å². The van der Waals surface area contributed by atoms with Gasteiger partial charge in [0.25, 0.3) is 0 Å². The topological polar surface area (TPSA) is 47.7 Å². The highest BCUT2D eigenvalue weighted by Gasteiger charge is 2.28. The summed E-state index contributed by atoms with van der Waals surface area (Å²) < 4.78 is 11.0. The predicted octanol–water partition coefficient (Wildman–Crippen LogP) is 2.44. The standard InChI is InChI=1S/C17H28N2O2/c1-3-9-21-16-6-4-5-15(10-16)17(11-18)19-8-7-14(12-19)13-20-2/h4-6,10,14,17H,3,7-9,11-13,18H2,1-2H3. The molecule has 21 heavy (non-hydrogen) atoms. The Morgan fingerprint density at radius 3 is 3.00 bits per heavy atom.